The van der Waals surface area contributed by atoms with Gasteiger partial charge in [-0.2, -0.15) is 0 Å². The van der Waals surface area contributed by atoms with Crippen molar-refractivity contribution >= 4 is 5.91 Å². The number of ether oxygens (including phenoxy) is 1. The van der Waals surface area contributed by atoms with Crippen LogP contribution in [-0.2, 0) is 16.6 Å². The zero-order chi connectivity index (χ0) is 24.7. The second kappa shape index (κ2) is 7.49. The van der Waals surface area contributed by atoms with Crippen LogP contribution in [0, 0.1) is 24.7 Å². The maximum absolute atomic E-state index is 13.3. The molecule has 2 aromatic rings. The number of nitrogens with zero attached hydrogens (tertiary/aromatic N) is 2. The Hall–Kier alpha value is -3.01. The number of carbonyl (C=O) groups is 1. The molecule has 182 valence electrons. The molecule has 6 atom stereocenters. The van der Waals surface area contributed by atoms with Crippen LogP contribution in [0.25, 0.3) is 0 Å². The lowest BCUT2D eigenvalue weighted by Crippen LogP contribution is -2.80. The first-order chi connectivity index (χ1) is 16.7. The summed E-state index contributed by atoms with van der Waals surface area (Å²) in [5.74, 6) is 6.08. The lowest BCUT2D eigenvalue weighted by molar-refractivity contribution is -0.220. The highest BCUT2D eigenvalue weighted by atomic mass is 16.5. The summed E-state index contributed by atoms with van der Waals surface area (Å²) >= 11 is 0. The van der Waals surface area contributed by atoms with Crippen molar-refractivity contribution in [1.29, 1.82) is 0 Å². The quantitative estimate of drug-likeness (QED) is 0.625. The van der Waals surface area contributed by atoms with Crippen molar-refractivity contribution in [3.63, 3.8) is 0 Å². The molecule has 1 saturated heterocycles. The molecule has 2 aliphatic heterocycles. The fourth-order valence-corrected chi connectivity index (χ4v) is 7.61. The highest BCUT2D eigenvalue weighted by Crippen LogP contribution is 2.66. The van der Waals surface area contributed by atoms with E-state index in [2.05, 4.69) is 30.7 Å². The van der Waals surface area contributed by atoms with Crippen LogP contribution in [0.1, 0.15) is 42.0 Å². The molecule has 1 amide bonds. The van der Waals surface area contributed by atoms with Crippen molar-refractivity contribution in [2.75, 3.05) is 20.6 Å². The van der Waals surface area contributed by atoms with Crippen LogP contribution >= 0.6 is 0 Å². The molecule has 6 heteroatoms. The van der Waals surface area contributed by atoms with E-state index < -0.39 is 17.1 Å². The molecule has 0 aromatic heterocycles. The standard InChI is InChI=1S/C29H32N2O4/c1-17-6-5-7-19(14-17)8-11-24(33)31(4)21-15-18(2)29(34)23-16-20-9-10-22(32)26-25(20)28(29,27(21)35-26)12-13-30(23)3/h5-7,9-10,14,18,21,23,27,32,34H,12-13,15-16H2,1-4H3/t18-,21-,23+,27-,28-,29+/m0/s1. The van der Waals surface area contributed by atoms with Crippen molar-refractivity contribution in [3.05, 3.63) is 58.7 Å². The van der Waals surface area contributed by atoms with E-state index in [0.29, 0.717) is 18.6 Å². The van der Waals surface area contributed by atoms with Crippen LogP contribution in [0.5, 0.6) is 11.5 Å². The lowest BCUT2D eigenvalue weighted by Gasteiger charge is -2.66. The summed E-state index contributed by atoms with van der Waals surface area (Å²) in [6.07, 6.45) is 1.59. The average Bonchev–Trinajstić information content (AvgIpc) is 3.19. The van der Waals surface area contributed by atoms with Gasteiger partial charge in [0.05, 0.1) is 17.1 Å². The molecule has 2 heterocycles. The number of hydrogen-bond donors (Lipinski definition) is 2. The maximum atomic E-state index is 13.3. The third-order valence-electron chi connectivity index (χ3n) is 9.27. The van der Waals surface area contributed by atoms with E-state index in [1.165, 1.54) is 0 Å². The van der Waals surface area contributed by atoms with Gasteiger partial charge in [-0.15, -0.1) is 0 Å². The predicted molar refractivity (Wildman–Crippen MR) is 132 cm³/mol. The number of likely N-dealkylation sites (N-methyl/N-ethyl adjacent to an activating group) is 2. The van der Waals surface area contributed by atoms with Crippen molar-refractivity contribution < 1.29 is 19.7 Å². The van der Waals surface area contributed by atoms with Gasteiger partial charge < -0.3 is 24.7 Å². The molecule has 0 radical (unpaired) electrons. The van der Waals surface area contributed by atoms with E-state index in [0.717, 1.165) is 35.2 Å². The zero-order valence-electron chi connectivity index (χ0n) is 20.7. The monoisotopic (exact) mass is 472 g/mol. The summed E-state index contributed by atoms with van der Waals surface area (Å²) < 4.78 is 6.55. The van der Waals surface area contributed by atoms with Crippen molar-refractivity contribution in [1.82, 2.24) is 9.80 Å². The van der Waals surface area contributed by atoms with Crippen molar-refractivity contribution in [2.45, 2.75) is 62.3 Å². The Labute approximate surface area is 206 Å². The number of aliphatic hydroxyl groups is 1. The smallest absolute Gasteiger partial charge is 0.298 e. The molecule has 2 fully saturated rings. The Morgan fingerprint density at radius 2 is 2.09 bits per heavy atom. The third kappa shape index (κ3) is 2.83. The minimum atomic E-state index is -1.01. The van der Waals surface area contributed by atoms with E-state index in [9.17, 15) is 15.0 Å². The molecular weight excluding hydrogens is 440 g/mol. The summed E-state index contributed by atoms with van der Waals surface area (Å²) in [4.78, 5) is 17.2. The summed E-state index contributed by atoms with van der Waals surface area (Å²) in [6, 6.07) is 11.2. The number of aryl methyl sites for hydroxylation is 1. The molecule has 2 N–H and O–H groups in total. The van der Waals surface area contributed by atoms with Gasteiger partial charge in [0.25, 0.3) is 5.91 Å². The molecule has 0 unspecified atom stereocenters. The SMILES string of the molecule is Cc1cccc(C#CC(=O)N(C)[C@H]2C[C@H](C)[C@@]3(O)[C@H]4Cc5ccc(O)c6c5[C@@]3(CCN4C)[C@H]2O6)c1. The van der Waals surface area contributed by atoms with Gasteiger partial charge in [0.15, 0.2) is 11.5 Å². The zero-order valence-corrected chi connectivity index (χ0v) is 20.7. The molecule has 35 heavy (non-hydrogen) atoms. The summed E-state index contributed by atoms with van der Waals surface area (Å²) in [6.45, 7) is 4.92. The minimum absolute atomic E-state index is 0.0385. The number of benzene rings is 2. The number of rotatable bonds is 1. The lowest BCUT2D eigenvalue weighted by atomic mass is 9.45. The van der Waals surface area contributed by atoms with Gasteiger partial charge >= 0.3 is 0 Å². The van der Waals surface area contributed by atoms with Gasteiger partial charge in [-0.1, -0.05) is 31.0 Å². The molecule has 2 aliphatic carbocycles. The third-order valence-corrected chi connectivity index (χ3v) is 9.27. The Bertz CT molecular complexity index is 1300. The van der Waals surface area contributed by atoms with Gasteiger partial charge in [0.2, 0.25) is 0 Å². The average molecular weight is 473 g/mol. The van der Waals surface area contributed by atoms with E-state index >= 15 is 0 Å². The first kappa shape index (κ1) is 22.5. The van der Waals surface area contributed by atoms with Gasteiger partial charge in [0, 0.05) is 30.1 Å². The normalized spacial score (nSPS) is 34.3. The van der Waals surface area contributed by atoms with E-state index in [4.69, 9.17) is 4.74 Å². The number of carbonyl (C=O) groups excluding carboxylic acids is 1. The molecule has 1 spiro atoms. The topological polar surface area (TPSA) is 73.2 Å². The number of likely N-dealkylation sites (tertiary alicyclic amines) is 1. The molecule has 1 saturated carbocycles. The van der Waals surface area contributed by atoms with Gasteiger partial charge in [-0.05, 0) is 75.0 Å². The molecule has 4 aliphatic rings. The highest BCUT2D eigenvalue weighted by Gasteiger charge is 2.75. The fraction of sp³-hybridized carbons (Fsp3) is 0.483. The number of piperidine rings is 1. The van der Waals surface area contributed by atoms with Crippen molar-refractivity contribution in [3.8, 4) is 23.3 Å². The number of aromatic hydroxyl groups is 1. The number of phenols is 1. The van der Waals surface area contributed by atoms with E-state index in [1.54, 1.807) is 18.0 Å². The van der Waals surface area contributed by atoms with Gasteiger partial charge in [0.1, 0.15) is 6.10 Å². The van der Waals surface area contributed by atoms with Crippen LogP contribution in [0.4, 0.5) is 0 Å². The maximum Gasteiger partial charge on any atom is 0.298 e. The van der Waals surface area contributed by atoms with Crippen LogP contribution in [0.15, 0.2) is 36.4 Å². The molecule has 2 aromatic carbocycles. The highest BCUT2D eigenvalue weighted by molar-refractivity contribution is 5.94. The second-order valence-corrected chi connectivity index (χ2v) is 11.0. The second-order valence-electron chi connectivity index (χ2n) is 11.0. The van der Waals surface area contributed by atoms with Gasteiger partial charge in [-0.3, -0.25) is 4.79 Å². The Kier molecular flexibility index (Phi) is 4.81. The molecule has 6 nitrogen and oxygen atoms in total. The fourth-order valence-electron chi connectivity index (χ4n) is 7.61. The first-order valence-corrected chi connectivity index (χ1v) is 12.5. The van der Waals surface area contributed by atoms with Crippen LogP contribution in [0.2, 0.25) is 0 Å². The Morgan fingerprint density at radius 3 is 2.86 bits per heavy atom. The van der Waals surface area contributed by atoms with Crippen LogP contribution in [-0.4, -0.2) is 70.3 Å². The summed E-state index contributed by atoms with van der Waals surface area (Å²) in [7, 11) is 3.87. The number of amides is 1. The van der Waals surface area contributed by atoms with Crippen LogP contribution in [0.3, 0.4) is 0 Å². The number of phenolic OH excluding ortho intramolecular Hbond substituents is 1. The summed E-state index contributed by atoms with van der Waals surface area (Å²) in [5.41, 5.74) is 2.30. The van der Waals surface area contributed by atoms with Crippen molar-refractivity contribution in [2.24, 2.45) is 5.92 Å². The molecular formula is C29H32N2O4. The first-order valence-electron chi connectivity index (χ1n) is 12.5. The Morgan fingerprint density at radius 1 is 1.29 bits per heavy atom. The van der Waals surface area contributed by atoms with E-state index in [1.807, 2.05) is 37.3 Å². The van der Waals surface area contributed by atoms with E-state index in [-0.39, 0.29) is 29.7 Å². The molecule has 6 rings (SSSR count). The minimum Gasteiger partial charge on any atom is -0.504 e. The van der Waals surface area contributed by atoms with Crippen LogP contribution < -0.4 is 4.74 Å². The summed E-state index contributed by atoms with van der Waals surface area (Å²) in [5, 5.41) is 23.3. The Balaban J connectivity index is 1.43. The number of hydrogen-bond acceptors (Lipinski definition) is 5. The predicted octanol–water partition coefficient (Wildman–Crippen LogP) is 2.61. The largest absolute Gasteiger partial charge is 0.504 e. The van der Waals surface area contributed by atoms with Gasteiger partial charge in [-0.25, -0.2) is 0 Å². The molecule has 2 bridgehead atoms.